The zero-order chi connectivity index (χ0) is 13.3. The molecular formula is C16H22N2O. The van der Waals surface area contributed by atoms with Gasteiger partial charge in [-0.15, -0.1) is 0 Å². The molecule has 0 saturated heterocycles. The Balaban J connectivity index is 1.61. The van der Waals surface area contributed by atoms with Gasteiger partial charge in [0.1, 0.15) is 12.4 Å². The molecule has 0 aliphatic rings. The molecule has 0 aliphatic carbocycles. The summed E-state index contributed by atoms with van der Waals surface area (Å²) in [6.07, 6.45) is 5.52. The van der Waals surface area contributed by atoms with Gasteiger partial charge in [-0.25, -0.2) is 0 Å². The lowest BCUT2D eigenvalue weighted by Gasteiger charge is -2.06. The fraction of sp³-hybridized carbons (Fsp3) is 0.375. The number of hydrogen-bond donors (Lipinski definition) is 1. The summed E-state index contributed by atoms with van der Waals surface area (Å²) in [5.74, 6) is 0.929. The second-order valence-electron chi connectivity index (χ2n) is 4.60. The minimum absolute atomic E-state index is 0.694. The summed E-state index contributed by atoms with van der Waals surface area (Å²) in [4.78, 5) is 0. The summed E-state index contributed by atoms with van der Waals surface area (Å²) >= 11 is 0. The summed E-state index contributed by atoms with van der Waals surface area (Å²) in [6.45, 7) is 5.73. The van der Waals surface area contributed by atoms with Crippen molar-refractivity contribution in [1.82, 2.24) is 9.88 Å². The molecule has 3 nitrogen and oxygen atoms in total. The number of hydrogen-bond acceptors (Lipinski definition) is 2. The smallest absolute Gasteiger partial charge is 0.119 e. The third-order valence-corrected chi connectivity index (χ3v) is 2.91. The number of ether oxygens (including phenoxy) is 1. The van der Waals surface area contributed by atoms with Gasteiger partial charge in [-0.2, -0.15) is 0 Å². The topological polar surface area (TPSA) is 26.2 Å². The number of nitrogens with zero attached hydrogens (tertiary/aromatic N) is 1. The monoisotopic (exact) mass is 258 g/mol. The molecule has 0 bridgehead atoms. The maximum atomic E-state index is 5.62. The van der Waals surface area contributed by atoms with Gasteiger partial charge >= 0.3 is 0 Å². The number of nitrogens with one attached hydrogen (secondary N) is 1. The van der Waals surface area contributed by atoms with E-state index in [9.17, 15) is 0 Å². The quantitative estimate of drug-likeness (QED) is 0.736. The van der Waals surface area contributed by atoms with Crippen LogP contribution in [0.25, 0.3) is 0 Å². The normalized spacial score (nSPS) is 10.6. The van der Waals surface area contributed by atoms with Crippen LogP contribution < -0.4 is 10.1 Å². The first-order valence-corrected chi connectivity index (χ1v) is 6.91. The predicted molar refractivity (Wildman–Crippen MR) is 78.4 cm³/mol. The average molecular weight is 258 g/mol. The van der Waals surface area contributed by atoms with Crippen molar-refractivity contribution >= 4 is 0 Å². The lowest BCUT2D eigenvalue weighted by atomic mass is 10.3. The SMILES string of the molecule is CCCn1ccc(CNCCOc2ccccc2)c1. The molecule has 0 atom stereocenters. The molecule has 0 amide bonds. The van der Waals surface area contributed by atoms with Crippen molar-refractivity contribution < 1.29 is 4.74 Å². The fourth-order valence-corrected chi connectivity index (χ4v) is 1.98. The Morgan fingerprint density at radius 3 is 2.79 bits per heavy atom. The van der Waals surface area contributed by atoms with E-state index in [0.29, 0.717) is 6.61 Å². The minimum atomic E-state index is 0.694. The van der Waals surface area contributed by atoms with Gasteiger partial charge in [-0.1, -0.05) is 25.1 Å². The van der Waals surface area contributed by atoms with E-state index >= 15 is 0 Å². The molecule has 1 N–H and O–H groups in total. The second kappa shape index (κ2) is 7.64. The largest absolute Gasteiger partial charge is 0.492 e. The van der Waals surface area contributed by atoms with Crippen LogP contribution in [0.4, 0.5) is 0 Å². The molecule has 0 fully saturated rings. The van der Waals surface area contributed by atoms with Crippen LogP contribution >= 0.6 is 0 Å². The maximum Gasteiger partial charge on any atom is 0.119 e. The molecule has 0 aliphatic heterocycles. The Bertz CT molecular complexity index is 465. The van der Waals surface area contributed by atoms with Gasteiger partial charge in [0.25, 0.3) is 0 Å². The maximum absolute atomic E-state index is 5.62. The first-order chi connectivity index (χ1) is 9.38. The van der Waals surface area contributed by atoms with Crippen LogP contribution in [0.5, 0.6) is 5.75 Å². The molecule has 3 heteroatoms. The van der Waals surface area contributed by atoms with Crippen LogP contribution in [0.1, 0.15) is 18.9 Å². The van der Waals surface area contributed by atoms with Gasteiger partial charge in [0.15, 0.2) is 0 Å². The van der Waals surface area contributed by atoms with Crippen molar-refractivity contribution in [2.75, 3.05) is 13.2 Å². The van der Waals surface area contributed by atoms with Crippen molar-refractivity contribution in [2.45, 2.75) is 26.4 Å². The summed E-state index contributed by atoms with van der Waals surface area (Å²) in [5, 5.41) is 3.39. The zero-order valence-electron chi connectivity index (χ0n) is 11.5. The molecular weight excluding hydrogens is 236 g/mol. The van der Waals surface area contributed by atoms with Gasteiger partial charge in [0.05, 0.1) is 0 Å². The number of rotatable bonds is 8. The van der Waals surface area contributed by atoms with E-state index in [-0.39, 0.29) is 0 Å². The molecule has 19 heavy (non-hydrogen) atoms. The lowest BCUT2D eigenvalue weighted by molar-refractivity contribution is 0.313. The number of aromatic nitrogens is 1. The molecule has 2 aromatic rings. The third-order valence-electron chi connectivity index (χ3n) is 2.91. The highest BCUT2D eigenvalue weighted by Gasteiger charge is 1.96. The number of benzene rings is 1. The molecule has 2 rings (SSSR count). The van der Waals surface area contributed by atoms with E-state index in [1.807, 2.05) is 30.3 Å². The van der Waals surface area contributed by atoms with Crippen molar-refractivity contribution in [2.24, 2.45) is 0 Å². The Morgan fingerprint density at radius 2 is 2.00 bits per heavy atom. The van der Waals surface area contributed by atoms with Crippen molar-refractivity contribution in [3.8, 4) is 5.75 Å². The molecule has 0 spiro atoms. The van der Waals surface area contributed by atoms with Crippen LogP contribution in [-0.2, 0) is 13.1 Å². The molecule has 1 heterocycles. The highest BCUT2D eigenvalue weighted by Crippen LogP contribution is 2.07. The van der Waals surface area contributed by atoms with Gasteiger partial charge in [-0.3, -0.25) is 0 Å². The van der Waals surface area contributed by atoms with Crippen LogP contribution in [-0.4, -0.2) is 17.7 Å². The summed E-state index contributed by atoms with van der Waals surface area (Å²) in [7, 11) is 0. The van der Waals surface area contributed by atoms with Crippen molar-refractivity contribution in [1.29, 1.82) is 0 Å². The first-order valence-electron chi connectivity index (χ1n) is 6.91. The molecule has 0 saturated carbocycles. The Kier molecular flexibility index (Phi) is 5.50. The molecule has 1 aromatic heterocycles. The second-order valence-corrected chi connectivity index (χ2v) is 4.60. The van der Waals surface area contributed by atoms with Gasteiger partial charge in [0.2, 0.25) is 0 Å². The van der Waals surface area contributed by atoms with Gasteiger partial charge in [0, 0.05) is 32.0 Å². The molecule has 1 aromatic carbocycles. The van der Waals surface area contributed by atoms with E-state index in [4.69, 9.17) is 4.74 Å². The van der Waals surface area contributed by atoms with E-state index in [0.717, 1.165) is 25.4 Å². The van der Waals surface area contributed by atoms with E-state index in [1.54, 1.807) is 0 Å². The van der Waals surface area contributed by atoms with Crippen LogP contribution in [0, 0.1) is 0 Å². The zero-order valence-corrected chi connectivity index (χ0v) is 11.5. The number of aryl methyl sites for hydroxylation is 1. The van der Waals surface area contributed by atoms with E-state index in [1.165, 1.54) is 12.0 Å². The minimum Gasteiger partial charge on any atom is -0.492 e. The first kappa shape index (κ1) is 13.7. The van der Waals surface area contributed by atoms with Crippen LogP contribution in [0.2, 0.25) is 0 Å². The van der Waals surface area contributed by atoms with Crippen molar-refractivity contribution in [3.63, 3.8) is 0 Å². The van der Waals surface area contributed by atoms with Crippen molar-refractivity contribution in [3.05, 3.63) is 54.4 Å². The highest BCUT2D eigenvalue weighted by atomic mass is 16.5. The predicted octanol–water partition coefficient (Wildman–Crippen LogP) is 3.07. The highest BCUT2D eigenvalue weighted by molar-refractivity contribution is 5.20. The molecule has 102 valence electrons. The van der Waals surface area contributed by atoms with E-state index < -0.39 is 0 Å². The third kappa shape index (κ3) is 4.79. The summed E-state index contributed by atoms with van der Waals surface area (Å²) in [6, 6.07) is 12.1. The Morgan fingerprint density at radius 1 is 1.16 bits per heavy atom. The fourth-order valence-electron chi connectivity index (χ4n) is 1.98. The standard InChI is InChI=1S/C16H22N2O/c1-2-10-18-11-8-15(14-18)13-17-9-12-19-16-6-4-3-5-7-16/h3-8,11,14,17H,2,9-10,12-13H2,1H3. The Labute approximate surface area is 115 Å². The average Bonchev–Trinajstić information content (AvgIpc) is 2.88. The Hall–Kier alpha value is -1.74. The van der Waals surface area contributed by atoms with Gasteiger partial charge in [-0.05, 0) is 30.2 Å². The molecule has 0 unspecified atom stereocenters. The summed E-state index contributed by atoms with van der Waals surface area (Å²) < 4.78 is 7.85. The lowest BCUT2D eigenvalue weighted by Crippen LogP contribution is -2.20. The summed E-state index contributed by atoms with van der Waals surface area (Å²) in [5.41, 5.74) is 1.33. The van der Waals surface area contributed by atoms with Gasteiger partial charge < -0.3 is 14.6 Å². The van der Waals surface area contributed by atoms with Crippen LogP contribution in [0.15, 0.2) is 48.8 Å². The van der Waals surface area contributed by atoms with E-state index in [2.05, 4.69) is 35.3 Å². The molecule has 0 radical (unpaired) electrons. The number of para-hydroxylation sites is 1. The van der Waals surface area contributed by atoms with Crippen LogP contribution in [0.3, 0.4) is 0 Å².